The number of aliphatic imine (C=N–C) groups is 1. The van der Waals surface area contributed by atoms with E-state index in [1.807, 2.05) is 0 Å². The van der Waals surface area contributed by atoms with Crippen LogP contribution in [0.25, 0.3) is 0 Å². The van der Waals surface area contributed by atoms with Crippen LogP contribution in [0, 0.1) is 0 Å². The molecular weight excluding hydrogens is 454 g/mol. The highest BCUT2D eigenvalue weighted by Crippen LogP contribution is 2.29. The number of likely N-dealkylation sites (tertiary alicyclic amines) is 1. The van der Waals surface area contributed by atoms with Crippen molar-refractivity contribution in [1.82, 2.24) is 4.90 Å². The third kappa shape index (κ3) is 5.63. The van der Waals surface area contributed by atoms with Crippen LogP contribution in [0.4, 0.5) is 11.4 Å². The second kappa shape index (κ2) is 10.5. The molecule has 0 radical (unpaired) electrons. The second-order valence-electron chi connectivity index (χ2n) is 8.08. The molecule has 0 aliphatic carbocycles. The van der Waals surface area contributed by atoms with E-state index in [9.17, 15) is 19.2 Å². The Balaban J connectivity index is 1.35. The largest absolute Gasteiger partial charge is 0.366 e. The van der Waals surface area contributed by atoms with Gasteiger partial charge in [-0.3, -0.25) is 19.2 Å². The molecule has 1 fully saturated rings. The van der Waals surface area contributed by atoms with Gasteiger partial charge < -0.3 is 21.3 Å². The first-order chi connectivity index (χ1) is 16.4. The normalized spacial score (nSPS) is 17.8. The number of piperidine rings is 1. The minimum atomic E-state index is -0.649. The predicted molar refractivity (Wildman–Crippen MR) is 132 cm³/mol. The Kier molecular flexibility index (Phi) is 7.27. The maximum Gasteiger partial charge on any atom is 0.262 e. The van der Waals surface area contributed by atoms with Crippen molar-refractivity contribution < 1.29 is 19.2 Å². The number of amides is 4. The van der Waals surface area contributed by atoms with Crippen molar-refractivity contribution in [2.24, 2.45) is 10.7 Å². The van der Waals surface area contributed by atoms with Gasteiger partial charge in [0.05, 0.1) is 11.3 Å². The Morgan fingerprint density at radius 1 is 1.03 bits per heavy atom. The van der Waals surface area contributed by atoms with Crippen LogP contribution in [0.2, 0.25) is 0 Å². The highest BCUT2D eigenvalue weighted by atomic mass is 32.2. The van der Waals surface area contributed by atoms with Crippen molar-refractivity contribution in [3.8, 4) is 0 Å². The molecule has 2 aliphatic heterocycles. The number of anilines is 2. The van der Waals surface area contributed by atoms with Gasteiger partial charge in [0.25, 0.3) is 17.7 Å². The maximum atomic E-state index is 12.7. The molecule has 1 saturated heterocycles. The molecule has 0 bridgehead atoms. The summed E-state index contributed by atoms with van der Waals surface area (Å²) >= 11 is 1.34. The van der Waals surface area contributed by atoms with Crippen molar-refractivity contribution in [1.29, 1.82) is 0 Å². The van der Waals surface area contributed by atoms with Gasteiger partial charge in [0.15, 0.2) is 5.17 Å². The van der Waals surface area contributed by atoms with Gasteiger partial charge in [0.1, 0.15) is 5.25 Å². The van der Waals surface area contributed by atoms with Crippen LogP contribution in [0.5, 0.6) is 0 Å². The third-order valence-electron chi connectivity index (χ3n) is 5.58. The van der Waals surface area contributed by atoms with Gasteiger partial charge in [0, 0.05) is 30.8 Å². The lowest BCUT2D eigenvalue weighted by Crippen LogP contribution is -2.33. The SMILES string of the molecule is NC(=O)c1ccccc1NC(=O)c1cccc(NC(=O)CC2SC(N3CCCCC3)=NC2=O)c1. The number of nitrogens with zero attached hydrogens (tertiary/aromatic N) is 2. The summed E-state index contributed by atoms with van der Waals surface area (Å²) in [6.07, 6.45) is 3.34. The maximum absolute atomic E-state index is 12.7. The number of benzene rings is 2. The summed E-state index contributed by atoms with van der Waals surface area (Å²) in [6.45, 7) is 1.77. The molecule has 2 aliphatic rings. The van der Waals surface area contributed by atoms with Crippen molar-refractivity contribution in [3.05, 3.63) is 59.7 Å². The first-order valence-electron chi connectivity index (χ1n) is 11.0. The summed E-state index contributed by atoms with van der Waals surface area (Å²) in [7, 11) is 0. The molecule has 0 aromatic heterocycles. The number of carbonyl (C=O) groups excluding carboxylic acids is 4. The van der Waals surface area contributed by atoms with Gasteiger partial charge in [-0.05, 0) is 49.6 Å². The zero-order valence-corrected chi connectivity index (χ0v) is 19.3. The molecule has 1 atom stereocenters. The molecule has 9 nitrogen and oxygen atoms in total. The number of carbonyl (C=O) groups is 4. The van der Waals surface area contributed by atoms with E-state index in [4.69, 9.17) is 5.73 Å². The number of para-hydroxylation sites is 1. The fourth-order valence-electron chi connectivity index (χ4n) is 3.85. The monoisotopic (exact) mass is 479 g/mol. The highest BCUT2D eigenvalue weighted by Gasteiger charge is 2.33. The van der Waals surface area contributed by atoms with Crippen molar-refractivity contribution >= 4 is 51.9 Å². The number of thioether (sulfide) groups is 1. The Morgan fingerprint density at radius 2 is 1.79 bits per heavy atom. The van der Waals surface area contributed by atoms with Crippen molar-refractivity contribution in [3.63, 3.8) is 0 Å². The number of hydrogen-bond donors (Lipinski definition) is 3. The summed E-state index contributed by atoms with van der Waals surface area (Å²) in [5.41, 5.74) is 6.58. The molecular formula is C24H25N5O4S. The summed E-state index contributed by atoms with van der Waals surface area (Å²) in [5.74, 6) is -1.73. The van der Waals surface area contributed by atoms with Crippen molar-refractivity contribution in [2.45, 2.75) is 30.9 Å². The second-order valence-corrected chi connectivity index (χ2v) is 9.25. The molecule has 2 aromatic carbocycles. The standard InChI is InChI=1S/C24H25N5O4S/c25-21(31)17-9-2-3-10-18(17)27-22(32)15-7-6-8-16(13-15)26-20(30)14-19-23(33)28-24(34-19)29-11-4-1-5-12-29/h2-3,6-10,13,19H,1,4-5,11-12,14H2,(H2,25,31)(H,26,30)(H,27,32). The number of rotatable bonds is 6. The minimum absolute atomic E-state index is 0.00719. The summed E-state index contributed by atoms with van der Waals surface area (Å²) in [4.78, 5) is 55.4. The topological polar surface area (TPSA) is 134 Å². The average molecular weight is 480 g/mol. The quantitative estimate of drug-likeness (QED) is 0.583. The molecule has 10 heteroatoms. The van der Waals surface area contributed by atoms with Crippen LogP contribution < -0.4 is 16.4 Å². The molecule has 0 saturated carbocycles. The van der Waals surface area contributed by atoms with E-state index in [0.29, 0.717) is 22.1 Å². The van der Waals surface area contributed by atoms with Crippen LogP contribution >= 0.6 is 11.8 Å². The Bertz CT molecular complexity index is 1160. The highest BCUT2D eigenvalue weighted by molar-refractivity contribution is 8.15. The fourth-order valence-corrected chi connectivity index (χ4v) is 4.97. The van der Waals surface area contributed by atoms with E-state index >= 15 is 0 Å². The van der Waals surface area contributed by atoms with Gasteiger partial charge in [-0.1, -0.05) is 30.0 Å². The molecule has 2 heterocycles. The van der Waals surface area contributed by atoms with Gasteiger partial charge >= 0.3 is 0 Å². The van der Waals surface area contributed by atoms with Gasteiger partial charge in [0.2, 0.25) is 5.91 Å². The third-order valence-corrected chi connectivity index (χ3v) is 6.79. The van der Waals surface area contributed by atoms with E-state index < -0.39 is 17.1 Å². The van der Waals surface area contributed by atoms with E-state index in [-0.39, 0.29) is 23.8 Å². The first-order valence-corrected chi connectivity index (χ1v) is 11.9. The van der Waals surface area contributed by atoms with Crippen LogP contribution in [0.15, 0.2) is 53.5 Å². The first kappa shape index (κ1) is 23.5. The lowest BCUT2D eigenvalue weighted by Gasteiger charge is -2.27. The van der Waals surface area contributed by atoms with Gasteiger partial charge in [-0.15, -0.1) is 0 Å². The summed E-state index contributed by atoms with van der Waals surface area (Å²) in [5, 5.41) is 5.58. The van der Waals surface area contributed by atoms with Crippen LogP contribution in [-0.4, -0.2) is 52.0 Å². The van der Waals surface area contributed by atoms with Crippen LogP contribution in [0.3, 0.4) is 0 Å². The molecule has 34 heavy (non-hydrogen) atoms. The molecule has 4 N–H and O–H groups in total. The fraction of sp³-hybridized carbons (Fsp3) is 0.292. The minimum Gasteiger partial charge on any atom is -0.366 e. The van der Waals surface area contributed by atoms with E-state index in [2.05, 4.69) is 20.5 Å². The number of hydrogen-bond acceptors (Lipinski definition) is 6. The number of amidine groups is 1. The average Bonchev–Trinajstić information content (AvgIpc) is 3.20. The molecule has 4 rings (SSSR count). The number of nitrogens with one attached hydrogen (secondary N) is 2. The lowest BCUT2D eigenvalue weighted by atomic mass is 10.1. The van der Waals surface area contributed by atoms with E-state index in [0.717, 1.165) is 25.9 Å². The molecule has 2 aromatic rings. The molecule has 0 spiro atoms. The Labute approximate surface area is 201 Å². The smallest absolute Gasteiger partial charge is 0.262 e. The predicted octanol–water partition coefficient (Wildman–Crippen LogP) is 2.85. The Hall–Kier alpha value is -3.66. The zero-order valence-electron chi connectivity index (χ0n) is 18.5. The van der Waals surface area contributed by atoms with E-state index in [1.165, 1.54) is 30.3 Å². The molecule has 176 valence electrons. The zero-order chi connectivity index (χ0) is 24.1. The van der Waals surface area contributed by atoms with Crippen LogP contribution in [-0.2, 0) is 9.59 Å². The van der Waals surface area contributed by atoms with Gasteiger partial charge in [-0.25, -0.2) is 0 Å². The Morgan fingerprint density at radius 3 is 2.56 bits per heavy atom. The van der Waals surface area contributed by atoms with Gasteiger partial charge in [-0.2, -0.15) is 4.99 Å². The lowest BCUT2D eigenvalue weighted by molar-refractivity contribution is -0.121. The van der Waals surface area contributed by atoms with Crippen LogP contribution in [0.1, 0.15) is 46.4 Å². The molecule has 4 amide bonds. The summed E-state index contributed by atoms with van der Waals surface area (Å²) in [6, 6.07) is 12.9. The molecule has 1 unspecified atom stereocenters. The van der Waals surface area contributed by atoms with Crippen molar-refractivity contribution in [2.75, 3.05) is 23.7 Å². The summed E-state index contributed by atoms with van der Waals surface area (Å²) < 4.78 is 0. The number of nitrogens with two attached hydrogens (primary N) is 1. The number of primary amides is 1. The van der Waals surface area contributed by atoms with E-state index in [1.54, 1.807) is 36.4 Å².